The molecule has 0 atom stereocenters. The van der Waals surface area contributed by atoms with E-state index in [0.29, 0.717) is 0 Å². The summed E-state index contributed by atoms with van der Waals surface area (Å²) in [6.45, 7) is 2.14. The summed E-state index contributed by atoms with van der Waals surface area (Å²) in [5.74, 6) is 0.888. The van der Waals surface area contributed by atoms with Gasteiger partial charge in [-0.3, -0.25) is 0 Å². The van der Waals surface area contributed by atoms with Gasteiger partial charge in [0.05, 0.1) is 0 Å². The summed E-state index contributed by atoms with van der Waals surface area (Å²) in [6, 6.07) is 6.86. The third kappa shape index (κ3) is 2.61. The first-order valence-electron chi connectivity index (χ1n) is 7.11. The maximum atomic E-state index is 13.1. The van der Waals surface area contributed by atoms with Gasteiger partial charge in [-0.05, 0) is 57.1 Å². The van der Waals surface area contributed by atoms with Gasteiger partial charge < -0.3 is 9.88 Å². The van der Waals surface area contributed by atoms with E-state index >= 15 is 0 Å². The molecule has 1 N–H and O–H groups in total. The number of hydrogen-bond acceptors (Lipinski definition) is 2. The third-order valence-electron chi connectivity index (χ3n) is 4.40. The molecule has 0 amide bonds. The van der Waals surface area contributed by atoms with E-state index in [1.54, 1.807) is 12.1 Å². The van der Waals surface area contributed by atoms with Crippen molar-refractivity contribution in [3.63, 3.8) is 0 Å². The Morgan fingerprint density at radius 2 is 1.95 bits per heavy atom. The Bertz CT molecular complexity index is 540. The summed E-state index contributed by atoms with van der Waals surface area (Å²) in [7, 11) is 2.16. The van der Waals surface area contributed by atoms with E-state index in [0.717, 1.165) is 38.2 Å². The lowest BCUT2D eigenvalue weighted by molar-refractivity contribution is 0.179. The number of halogens is 1. The van der Waals surface area contributed by atoms with Crippen molar-refractivity contribution < 1.29 is 4.39 Å². The number of aromatic nitrogens is 2. The van der Waals surface area contributed by atoms with Crippen LogP contribution in [0.5, 0.6) is 0 Å². The van der Waals surface area contributed by atoms with Crippen molar-refractivity contribution in [3.05, 3.63) is 53.9 Å². The number of nitrogens with one attached hydrogen (secondary N) is 1. The van der Waals surface area contributed by atoms with Crippen LogP contribution < -0.4 is 0 Å². The topological polar surface area (TPSA) is 31.9 Å². The Morgan fingerprint density at radius 1 is 1.25 bits per heavy atom. The first kappa shape index (κ1) is 13.3. The third-order valence-corrected chi connectivity index (χ3v) is 4.40. The fourth-order valence-electron chi connectivity index (χ4n) is 3.09. The molecule has 3 nitrogen and oxygen atoms in total. The van der Waals surface area contributed by atoms with E-state index in [2.05, 4.69) is 21.9 Å². The van der Waals surface area contributed by atoms with Crippen LogP contribution >= 0.6 is 0 Å². The lowest BCUT2D eigenvalue weighted by atomic mass is 9.73. The normalized spacial score (nSPS) is 19.1. The second-order valence-electron chi connectivity index (χ2n) is 5.82. The quantitative estimate of drug-likeness (QED) is 0.932. The van der Waals surface area contributed by atoms with Gasteiger partial charge in [0.1, 0.15) is 11.6 Å². The number of imidazole rings is 1. The Kier molecular flexibility index (Phi) is 3.57. The van der Waals surface area contributed by atoms with Crippen LogP contribution in [0.25, 0.3) is 0 Å². The molecule has 20 heavy (non-hydrogen) atoms. The van der Waals surface area contributed by atoms with Crippen molar-refractivity contribution in [2.75, 3.05) is 20.1 Å². The van der Waals surface area contributed by atoms with Gasteiger partial charge in [0, 0.05) is 17.8 Å². The summed E-state index contributed by atoms with van der Waals surface area (Å²) < 4.78 is 13.1. The lowest BCUT2D eigenvalue weighted by Gasteiger charge is -2.39. The van der Waals surface area contributed by atoms with Crippen LogP contribution in [0.3, 0.4) is 0 Å². The van der Waals surface area contributed by atoms with Gasteiger partial charge in [-0.1, -0.05) is 12.1 Å². The molecule has 1 aromatic carbocycles. The molecule has 0 bridgehead atoms. The SMILES string of the molecule is CN1CCC(Cc2ccc(F)cc2)(c2ncc[nH]2)CC1. The molecule has 1 fully saturated rings. The highest BCUT2D eigenvalue weighted by atomic mass is 19.1. The Morgan fingerprint density at radius 3 is 2.55 bits per heavy atom. The molecular formula is C16H20FN3. The van der Waals surface area contributed by atoms with Crippen LogP contribution in [-0.4, -0.2) is 35.0 Å². The van der Waals surface area contributed by atoms with E-state index < -0.39 is 0 Å². The maximum Gasteiger partial charge on any atom is 0.123 e. The number of nitrogens with zero attached hydrogens (tertiary/aromatic N) is 2. The number of H-pyrrole nitrogens is 1. The van der Waals surface area contributed by atoms with Crippen molar-refractivity contribution >= 4 is 0 Å². The second-order valence-corrected chi connectivity index (χ2v) is 5.82. The molecule has 3 rings (SSSR count). The predicted molar refractivity (Wildman–Crippen MR) is 77.1 cm³/mol. The minimum absolute atomic E-state index is 0.0494. The minimum atomic E-state index is -0.177. The largest absolute Gasteiger partial charge is 0.348 e. The molecule has 1 aromatic heterocycles. The Balaban J connectivity index is 1.88. The summed E-state index contributed by atoms with van der Waals surface area (Å²) >= 11 is 0. The van der Waals surface area contributed by atoms with Crippen LogP contribution in [0.15, 0.2) is 36.7 Å². The van der Waals surface area contributed by atoms with Gasteiger partial charge in [-0.2, -0.15) is 0 Å². The van der Waals surface area contributed by atoms with Gasteiger partial charge in [0.25, 0.3) is 0 Å². The molecule has 106 valence electrons. The van der Waals surface area contributed by atoms with E-state index in [1.165, 1.54) is 5.56 Å². The predicted octanol–water partition coefficient (Wildman–Crippen LogP) is 2.75. The van der Waals surface area contributed by atoms with E-state index in [9.17, 15) is 4.39 Å². The standard InChI is InChI=1S/C16H20FN3/c1-20-10-6-16(7-11-20,15-18-8-9-19-15)12-13-2-4-14(17)5-3-13/h2-5,8-9H,6-7,10-12H2,1H3,(H,18,19). The van der Waals surface area contributed by atoms with E-state index in [1.807, 2.05) is 24.5 Å². The average molecular weight is 273 g/mol. The monoisotopic (exact) mass is 273 g/mol. The summed E-state index contributed by atoms with van der Waals surface area (Å²) in [5.41, 5.74) is 1.22. The molecule has 0 unspecified atom stereocenters. The zero-order valence-corrected chi connectivity index (χ0v) is 11.8. The summed E-state index contributed by atoms with van der Waals surface area (Å²) in [4.78, 5) is 10.1. The smallest absolute Gasteiger partial charge is 0.123 e. The number of rotatable bonds is 3. The minimum Gasteiger partial charge on any atom is -0.348 e. The van der Waals surface area contributed by atoms with E-state index in [-0.39, 0.29) is 11.2 Å². The second kappa shape index (κ2) is 5.37. The van der Waals surface area contributed by atoms with Crippen molar-refractivity contribution in [1.29, 1.82) is 0 Å². The maximum absolute atomic E-state index is 13.1. The van der Waals surface area contributed by atoms with Gasteiger partial charge >= 0.3 is 0 Å². The van der Waals surface area contributed by atoms with E-state index in [4.69, 9.17) is 0 Å². The average Bonchev–Trinajstić information content (AvgIpc) is 2.99. The molecule has 1 saturated heterocycles. The summed E-state index contributed by atoms with van der Waals surface area (Å²) in [5, 5.41) is 0. The molecule has 2 heterocycles. The van der Waals surface area contributed by atoms with Gasteiger partial charge in [-0.15, -0.1) is 0 Å². The highest BCUT2D eigenvalue weighted by molar-refractivity contribution is 5.23. The number of likely N-dealkylation sites (tertiary alicyclic amines) is 1. The molecule has 1 aliphatic heterocycles. The van der Waals surface area contributed by atoms with Gasteiger partial charge in [0.15, 0.2) is 0 Å². The van der Waals surface area contributed by atoms with Crippen molar-refractivity contribution in [2.45, 2.75) is 24.7 Å². The number of piperidine rings is 1. The molecule has 4 heteroatoms. The van der Waals surface area contributed by atoms with Crippen molar-refractivity contribution in [1.82, 2.24) is 14.9 Å². The highest BCUT2D eigenvalue weighted by Crippen LogP contribution is 2.36. The highest BCUT2D eigenvalue weighted by Gasteiger charge is 2.37. The number of aromatic amines is 1. The Hall–Kier alpha value is -1.68. The Labute approximate surface area is 118 Å². The first-order valence-corrected chi connectivity index (χ1v) is 7.11. The molecule has 1 aliphatic rings. The molecule has 0 aliphatic carbocycles. The van der Waals surface area contributed by atoms with Crippen molar-refractivity contribution in [2.24, 2.45) is 0 Å². The zero-order chi connectivity index (χ0) is 14.0. The fourth-order valence-corrected chi connectivity index (χ4v) is 3.09. The molecule has 0 radical (unpaired) electrons. The fraction of sp³-hybridized carbons (Fsp3) is 0.438. The van der Waals surface area contributed by atoms with Gasteiger partial charge in [0.2, 0.25) is 0 Å². The van der Waals surface area contributed by atoms with Crippen LogP contribution in [0, 0.1) is 5.82 Å². The van der Waals surface area contributed by atoms with Gasteiger partial charge in [-0.25, -0.2) is 9.37 Å². The first-order chi connectivity index (χ1) is 9.68. The van der Waals surface area contributed by atoms with Crippen LogP contribution in [-0.2, 0) is 11.8 Å². The van der Waals surface area contributed by atoms with Crippen LogP contribution in [0.1, 0.15) is 24.2 Å². The molecular weight excluding hydrogens is 253 g/mol. The number of hydrogen-bond donors (Lipinski definition) is 1. The molecule has 0 spiro atoms. The van der Waals surface area contributed by atoms with Crippen LogP contribution in [0.4, 0.5) is 4.39 Å². The lowest BCUT2D eigenvalue weighted by Crippen LogP contribution is -2.43. The molecule has 2 aromatic rings. The zero-order valence-electron chi connectivity index (χ0n) is 11.8. The van der Waals surface area contributed by atoms with Crippen LogP contribution in [0.2, 0.25) is 0 Å². The number of benzene rings is 1. The molecule has 0 saturated carbocycles. The van der Waals surface area contributed by atoms with Crippen molar-refractivity contribution in [3.8, 4) is 0 Å². The summed E-state index contributed by atoms with van der Waals surface area (Å²) in [6.07, 6.45) is 6.78.